The summed E-state index contributed by atoms with van der Waals surface area (Å²) in [6, 6.07) is 8.83. The van der Waals surface area contributed by atoms with Gasteiger partial charge in [0.15, 0.2) is 0 Å². The number of hydrogen-bond donors (Lipinski definition) is 1. The molecule has 88 valence electrons. The molecule has 1 nitrogen and oxygen atoms in total. The van der Waals surface area contributed by atoms with Crippen molar-refractivity contribution in [2.75, 3.05) is 6.61 Å². The van der Waals surface area contributed by atoms with Crippen LogP contribution in [0.2, 0.25) is 0 Å². The highest BCUT2D eigenvalue weighted by atomic mass is 16.3. The molecule has 0 spiro atoms. The number of benzene rings is 1. The van der Waals surface area contributed by atoms with Gasteiger partial charge in [-0.05, 0) is 29.4 Å². The van der Waals surface area contributed by atoms with E-state index in [1.54, 1.807) is 0 Å². The number of aryl methyl sites for hydroxylation is 1. The van der Waals surface area contributed by atoms with Crippen molar-refractivity contribution in [2.45, 2.75) is 45.4 Å². The summed E-state index contributed by atoms with van der Waals surface area (Å²) in [6.45, 7) is 6.95. The summed E-state index contributed by atoms with van der Waals surface area (Å²) in [5.41, 5.74) is 2.99. The normalized spacial score (nSPS) is 26.8. The van der Waals surface area contributed by atoms with Crippen LogP contribution in [0.4, 0.5) is 0 Å². The van der Waals surface area contributed by atoms with Gasteiger partial charge in [-0.3, -0.25) is 0 Å². The van der Waals surface area contributed by atoms with Crippen molar-refractivity contribution < 1.29 is 5.11 Å². The molecule has 1 heteroatoms. The lowest BCUT2D eigenvalue weighted by atomic mass is 9.88. The third kappa shape index (κ3) is 1.67. The van der Waals surface area contributed by atoms with Crippen LogP contribution >= 0.6 is 0 Å². The average Bonchev–Trinajstić information content (AvgIpc) is 2.84. The molecule has 0 amide bonds. The first-order valence-electron chi connectivity index (χ1n) is 6.26. The number of aliphatic hydroxyl groups is 1. The molecule has 0 aliphatic heterocycles. The summed E-state index contributed by atoms with van der Waals surface area (Å²) in [6.07, 6.45) is 3.44. The Morgan fingerprint density at radius 3 is 2.12 bits per heavy atom. The molecule has 1 atom stereocenters. The van der Waals surface area contributed by atoms with Gasteiger partial charge in [-0.1, -0.05) is 51.5 Å². The van der Waals surface area contributed by atoms with Crippen LogP contribution in [0.5, 0.6) is 0 Å². The molecule has 2 rings (SSSR count). The standard InChI is InChI=1S/C15H22O/c1-4-5-12-6-8-13(9-7-12)15(11-16)10-14(15,2)3/h6-9,16H,4-5,10-11H2,1-3H3. The van der Waals surface area contributed by atoms with Crippen LogP contribution in [0.3, 0.4) is 0 Å². The fourth-order valence-electron chi connectivity index (χ4n) is 2.84. The molecule has 0 heterocycles. The van der Waals surface area contributed by atoms with Crippen molar-refractivity contribution in [1.82, 2.24) is 0 Å². The summed E-state index contributed by atoms with van der Waals surface area (Å²) in [4.78, 5) is 0. The van der Waals surface area contributed by atoms with Crippen LogP contribution in [0, 0.1) is 5.41 Å². The van der Waals surface area contributed by atoms with Crippen molar-refractivity contribution in [3.05, 3.63) is 35.4 Å². The van der Waals surface area contributed by atoms with E-state index in [0.717, 1.165) is 12.8 Å². The predicted molar refractivity (Wildman–Crippen MR) is 67.6 cm³/mol. The van der Waals surface area contributed by atoms with E-state index in [2.05, 4.69) is 45.0 Å². The Hall–Kier alpha value is -0.820. The molecular formula is C15H22O. The first kappa shape index (κ1) is 11.7. The van der Waals surface area contributed by atoms with E-state index < -0.39 is 0 Å². The zero-order valence-corrected chi connectivity index (χ0v) is 10.6. The van der Waals surface area contributed by atoms with E-state index in [0.29, 0.717) is 0 Å². The Bertz CT molecular complexity index is 364. The zero-order chi connectivity index (χ0) is 11.8. The Labute approximate surface area is 98.5 Å². The lowest BCUT2D eigenvalue weighted by molar-refractivity contribution is 0.231. The molecule has 1 fully saturated rings. The van der Waals surface area contributed by atoms with Gasteiger partial charge < -0.3 is 5.11 Å². The van der Waals surface area contributed by atoms with E-state index in [9.17, 15) is 5.11 Å². The third-order valence-corrected chi connectivity index (χ3v) is 4.23. The SMILES string of the molecule is CCCc1ccc(C2(CO)CC2(C)C)cc1. The molecule has 1 N–H and O–H groups in total. The third-order valence-electron chi connectivity index (χ3n) is 4.23. The predicted octanol–water partition coefficient (Wildman–Crippen LogP) is 3.30. The second-order valence-corrected chi connectivity index (χ2v) is 5.75. The summed E-state index contributed by atoms with van der Waals surface area (Å²) in [5, 5.41) is 9.62. The average molecular weight is 218 g/mol. The Kier molecular flexibility index (Phi) is 2.83. The summed E-state index contributed by atoms with van der Waals surface area (Å²) in [7, 11) is 0. The van der Waals surface area contributed by atoms with Gasteiger partial charge >= 0.3 is 0 Å². The smallest absolute Gasteiger partial charge is 0.0533 e. The highest BCUT2D eigenvalue weighted by molar-refractivity contribution is 5.38. The van der Waals surface area contributed by atoms with Crippen molar-refractivity contribution in [1.29, 1.82) is 0 Å². The lowest BCUT2D eigenvalue weighted by Gasteiger charge is -2.18. The van der Waals surface area contributed by atoms with Crippen LogP contribution in [0.25, 0.3) is 0 Å². The minimum atomic E-state index is 0.0255. The second-order valence-electron chi connectivity index (χ2n) is 5.75. The quantitative estimate of drug-likeness (QED) is 0.822. The highest BCUT2D eigenvalue weighted by Gasteiger charge is 2.61. The van der Waals surface area contributed by atoms with E-state index in [4.69, 9.17) is 0 Å². The van der Waals surface area contributed by atoms with Gasteiger partial charge in [-0.25, -0.2) is 0 Å². The highest BCUT2D eigenvalue weighted by Crippen LogP contribution is 2.63. The van der Waals surface area contributed by atoms with E-state index in [1.165, 1.54) is 17.5 Å². The molecule has 1 aliphatic carbocycles. The first-order chi connectivity index (χ1) is 7.55. The Morgan fingerprint density at radius 1 is 1.19 bits per heavy atom. The molecule has 1 unspecified atom stereocenters. The number of hydrogen-bond acceptors (Lipinski definition) is 1. The summed E-state index contributed by atoms with van der Waals surface area (Å²) in [5.74, 6) is 0. The molecule has 1 saturated carbocycles. The van der Waals surface area contributed by atoms with Crippen molar-refractivity contribution in [3.8, 4) is 0 Å². The number of rotatable bonds is 4. The molecule has 1 aliphatic rings. The van der Waals surface area contributed by atoms with Gasteiger partial charge in [0.05, 0.1) is 6.61 Å². The lowest BCUT2D eigenvalue weighted by Crippen LogP contribution is -2.19. The second kappa shape index (κ2) is 3.89. The molecule has 0 bridgehead atoms. The van der Waals surface area contributed by atoms with Gasteiger partial charge in [0.1, 0.15) is 0 Å². The van der Waals surface area contributed by atoms with Crippen LogP contribution in [-0.4, -0.2) is 11.7 Å². The molecule has 1 aromatic carbocycles. The molecule has 0 radical (unpaired) electrons. The first-order valence-corrected chi connectivity index (χ1v) is 6.26. The van der Waals surface area contributed by atoms with E-state index in [1.807, 2.05) is 0 Å². The Morgan fingerprint density at radius 2 is 1.75 bits per heavy atom. The minimum absolute atomic E-state index is 0.0255. The molecular weight excluding hydrogens is 196 g/mol. The van der Waals surface area contributed by atoms with Crippen LogP contribution in [0.1, 0.15) is 44.7 Å². The molecule has 1 aromatic rings. The van der Waals surface area contributed by atoms with E-state index >= 15 is 0 Å². The zero-order valence-electron chi connectivity index (χ0n) is 10.6. The van der Waals surface area contributed by atoms with Crippen molar-refractivity contribution in [3.63, 3.8) is 0 Å². The van der Waals surface area contributed by atoms with Crippen LogP contribution < -0.4 is 0 Å². The van der Waals surface area contributed by atoms with Gasteiger partial charge in [-0.2, -0.15) is 0 Å². The fraction of sp³-hybridized carbons (Fsp3) is 0.600. The Balaban J connectivity index is 2.22. The molecule has 0 aromatic heterocycles. The van der Waals surface area contributed by atoms with Gasteiger partial charge in [-0.15, -0.1) is 0 Å². The largest absolute Gasteiger partial charge is 0.395 e. The van der Waals surface area contributed by atoms with Crippen molar-refractivity contribution >= 4 is 0 Å². The summed E-state index contributed by atoms with van der Waals surface area (Å²) < 4.78 is 0. The molecule has 0 saturated heterocycles. The molecule has 16 heavy (non-hydrogen) atoms. The van der Waals surface area contributed by atoms with Gasteiger partial charge in [0, 0.05) is 5.41 Å². The van der Waals surface area contributed by atoms with Crippen molar-refractivity contribution in [2.24, 2.45) is 5.41 Å². The van der Waals surface area contributed by atoms with Gasteiger partial charge in [0.25, 0.3) is 0 Å². The van der Waals surface area contributed by atoms with Gasteiger partial charge in [0.2, 0.25) is 0 Å². The summed E-state index contributed by atoms with van der Waals surface area (Å²) >= 11 is 0. The van der Waals surface area contributed by atoms with Crippen LogP contribution in [0.15, 0.2) is 24.3 Å². The fourth-order valence-corrected chi connectivity index (χ4v) is 2.84. The van der Waals surface area contributed by atoms with E-state index in [-0.39, 0.29) is 17.4 Å². The van der Waals surface area contributed by atoms with Crippen LogP contribution in [-0.2, 0) is 11.8 Å². The maximum absolute atomic E-state index is 9.62. The number of aliphatic hydroxyl groups excluding tert-OH is 1. The topological polar surface area (TPSA) is 20.2 Å². The maximum Gasteiger partial charge on any atom is 0.0533 e. The minimum Gasteiger partial charge on any atom is -0.395 e. The maximum atomic E-state index is 9.62. The monoisotopic (exact) mass is 218 g/mol.